The van der Waals surface area contributed by atoms with E-state index in [1.165, 1.54) is 24.2 Å². The molecular formula is C25H31N5O3. The highest BCUT2D eigenvalue weighted by atomic mass is 16.2. The molecular weight excluding hydrogens is 418 g/mol. The Hall–Kier alpha value is -3.26. The second kappa shape index (κ2) is 10.6. The third kappa shape index (κ3) is 5.22. The minimum Gasteiger partial charge on any atom is -0.342 e. The quantitative estimate of drug-likeness (QED) is 0.700. The van der Waals surface area contributed by atoms with Crippen LogP contribution in [0, 0.1) is 0 Å². The van der Waals surface area contributed by atoms with E-state index >= 15 is 0 Å². The summed E-state index contributed by atoms with van der Waals surface area (Å²) in [5.74, 6) is -0.215. The van der Waals surface area contributed by atoms with Crippen LogP contribution in [0.3, 0.4) is 0 Å². The predicted molar refractivity (Wildman–Crippen MR) is 128 cm³/mol. The number of nitrogens with zero attached hydrogens (tertiary/aromatic N) is 4. The highest BCUT2D eigenvalue weighted by molar-refractivity contribution is 6.17. The van der Waals surface area contributed by atoms with Crippen LogP contribution in [0.5, 0.6) is 0 Å². The summed E-state index contributed by atoms with van der Waals surface area (Å²) in [6, 6.07) is 10.4. The van der Waals surface area contributed by atoms with Crippen molar-refractivity contribution in [1.29, 1.82) is 0 Å². The monoisotopic (exact) mass is 449 g/mol. The maximum Gasteiger partial charge on any atom is 0.257 e. The molecule has 1 aromatic carbocycles. The number of likely N-dealkylation sites (N-methyl/N-ethyl adjacent to an activating group) is 1. The molecule has 1 N–H and O–H groups in total. The minimum absolute atomic E-state index is 0.0265. The third-order valence-electron chi connectivity index (χ3n) is 6.31. The molecule has 3 amide bonds. The van der Waals surface area contributed by atoms with Crippen LogP contribution in [-0.4, -0.2) is 65.2 Å². The number of rotatable bonds is 7. The molecule has 3 heterocycles. The number of benzene rings is 1. The first-order chi connectivity index (χ1) is 16.1. The zero-order valence-corrected chi connectivity index (χ0v) is 19.1. The van der Waals surface area contributed by atoms with Crippen molar-refractivity contribution >= 4 is 34.9 Å². The van der Waals surface area contributed by atoms with Crippen molar-refractivity contribution in [2.75, 3.05) is 42.9 Å². The van der Waals surface area contributed by atoms with E-state index in [9.17, 15) is 14.4 Å². The van der Waals surface area contributed by atoms with Crippen molar-refractivity contribution < 1.29 is 14.4 Å². The lowest BCUT2D eigenvalue weighted by Gasteiger charge is -2.29. The lowest BCUT2D eigenvalue weighted by atomic mass is 10.1. The Bertz CT molecular complexity index is 1020. The summed E-state index contributed by atoms with van der Waals surface area (Å²) in [6.07, 6.45) is 5.47. The first-order valence-corrected chi connectivity index (χ1v) is 11.8. The molecule has 33 heavy (non-hydrogen) atoms. The number of pyridine rings is 1. The lowest BCUT2D eigenvalue weighted by Crippen LogP contribution is -2.40. The predicted octanol–water partition coefficient (Wildman–Crippen LogP) is 3.43. The van der Waals surface area contributed by atoms with Gasteiger partial charge in [-0.25, -0.2) is 4.98 Å². The summed E-state index contributed by atoms with van der Waals surface area (Å²) in [4.78, 5) is 49.0. The number of fused-ring (bicyclic) bond motifs is 2. The van der Waals surface area contributed by atoms with Crippen molar-refractivity contribution in [3.05, 3.63) is 48.2 Å². The Morgan fingerprint density at radius 2 is 1.85 bits per heavy atom. The summed E-state index contributed by atoms with van der Waals surface area (Å²) < 4.78 is 0. The van der Waals surface area contributed by atoms with Crippen molar-refractivity contribution in [1.82, 2.24) is 14.8 Å². The molecule has 2 aliphatic rings. The summed E-state index contributed by atoms with van der Waals surface area (Å²) in [5, 5.41) is 2.83. The summed E-state index contributed by atoms with van der Waals surface area (Å²) in [6.45, 7) is 6.33. The molecule has 2 aliphatic heterocycles. The molecule has 4 rings (SSSR count). The number of nitrogens with one attached hydrogen (secondary N) is 1. The van der Waals surface area contributed by atoms with Crippen molar-refractivity contribution in [2.45, 2.75) is 39.0 Å². The van der Waals surface area contributed by atoms with Gasteiger partial charge in [-0.3, -0.25) is 19.3 Å². The van der Waals surface area contributed by atoms with E-state index in [1.807, 2.05) is 11.8 Å². The second-order valence-electron chi connectivity index (χ2n) is 8.45. The summed E-state index contributed by atoms with van der Waals surface area (Å²) >= 11 is 0. The number of hydrogen-bond acceptors (Lipinski definition) is 5. The number of hydrogen-bond donors (Lipinski definition) is 1. The molecule has 1 fully saturated rings. The van der Waals surface area contributed by atoms with Crippen LogP contribution in [0.4, 0.5) is 17.2 Å². The smallest absolute Gasteiger partial charge is 0.257 e. The first-order valence-electron chi connectivity index (χ1n) is 11.8. The van der Waals surface area contributed by atoms with Gasteiger partial charge < -0.3 is 15.1 Å². The fraction of sp³-hybridized carbons (Fsp3) is 0.440. The van der Waals surface area contributed by atoms with Gasteiger partial charge in [0.25, 0.3) is 5.91 Å². The molecule has 0 saturated carbocycles. The summed E-state index contributed by atoms with van der Waals surface area (Å²) in [7, 11) is 0. The molecule has 1 aromatic heterocycles. The maximum atomic E-state index is 13.4. The number of anilines is 3. The van der Waals surface area contributed by atoms with Gasteiger partial charge in [0.05, 0.1) is 16.9 Å². The molecule has 8 heteroatoms. The van der Waals surface area contributed by atoms with Gasteiger partial charge in [0.1, 0.15) is 0 Å². The van der Waals surface area contributed by atoms with Crippen LogP contribution in [0.15, 0.2) is 42.6 Å². The molecule has 0 unspecified atom stereocenters. The molecule has 2 aromatic rings. The Balaban J connectivity index is 1.46. The number of amides is 3. The van der Waals surface area contributed by atoms with Gasteiger partial charge in [0.15, 0.2) is 5.82 Å². The molecule has 0 spiro atoms. The van der Waals surface area contributed by atoms with Crippen molar-refractivity contribution in [3.8, 4) is 0 Å². The minimum atomic E-state index is -0.291. The molecule has 1 saturated heterocycles. The van der Waals surface area contributed by atoms with E-state index in [0.29, 0.717) is 35.8 Å². The van der Waals surface area contributed by atoms with Crippen LogP contribution >= 0.6 is 0 Å². The third-order valence-corrected chi connectivity index (χ3v) is 6.31. The average Bonchev–Trinajstić information content (AvgIpc) is 2.97. The SMILES string of the molecule is CCN(CCN1CCCCC1)C(=O)CCC(=O)N1c2ccccc2C(=O)Nc2cccnc21. The number of piperidine rings is 1. The van der Waals surface area contributed by atoms with Crippen molar-refractivity contribution in [3.63, 3.8) is 0 Å². The standard InChI is InChI=1S/C25H31N5O3/c1-2-29(18-17-28-15-6-3-7-16-28)22(31)12-13-23(32)30-21-11-5-4-9-19(21)25(33)27-20-10-8-14-26-24(20)30/h4-5,8-11,14H,2-3,6-7,12-13,15-18H2,1H3,(H,27,33). The Morgan fingerprint density at radius 3 is 2.64 bits per heavy atom. The van der Waals surface area contributed by atoms with E-state index in [2.05, 4.69) is 15.2 Å². The van der Waals surface area contributed by atoms with Crippen LogP contribution in [-0.2, 0) is 9.59 Å². The molecule has 174 valence electrons. The molecule has 0 bridgehead atoms. The van der Waals surface area contributed by atoms with Crippen LogP contribution in [0.2, 0.25) is 0 Å². The van der Waals surface area contributed by atoms with Gasteiger partial charge in [0, 0.05) is 38.7 Å². The number of para-hydroxylation sites is 1. The van der Waals surface area contributed by atoms with Crippen molar-refractivity contribution in [2.24, 2.45) is 0 Å². The number of likely N-dealkylation sites (tertiary alicyclic amines) is 1. The van der Waals surface area contributed by atoms with Crippen LogP contribution in [0.25, 0.3) is 0 Å². The highest BCUT2D eigenvalue weighted by Crippen LogP contribution is 2.36. The largest absolute Gasteiger partial charge is 0.342 e. The Labute approximate surface area is 194 Å². The molecule has 0 aliphatic carbocycles. The molecule has 0 radical (unpaired) electrons. The number of carbonyl (C=O) groups excluding carboxylic acids is 3. The van der Waals surface area contributed by atoms with Gasteiger partial charge >= 0.3 is 0 Å². The van der Waals surface area contributed by atoms with Crippen LogP contribution in [0.1, 0.15) is 49.4 Å². The van der Waals surface area contributed by atoms with E-state index in [1.54, 1.807) is 42.6 Å². The topological polar surface area (TPSA) is 85.9 Å². The van der Waals surface area contributed by atoms with Gasteiger partial charge in [-0.15, -0.1) is 0 Å². The highest BCUT2D eigenvalue weighted by Gasteiger charge is 2.30. The Morgan fingerprint density at radius 1 is 1.06 bits per heavy atom. The fourth-order valence-electron chi connectivity index (χ4n) is 4.48. The van der Waals surface area contributed by atoms with E-state index in [-0.39, 0.29) is 30.6 Å². The maximum absolute atomic E-state index is 13.4. The average molecular weight is 450 g/mol. The zero-order valence-electron chi connectivity index (χ0n) is 19.1. The van der Waals surface area contributed by atoms with Gasteiger partial charge in [-0.05, 0) is 57.1 Å². The van der Waals surface area contributed by atoms with E-state index in [0.717, 1.165) is 19.6 Å². The van der Waals surface area contributed by atoms with E-state index < -0.39 is 0 Å². The van der Waals surface area contributed by atoms with Gasteiger partial charge in [-0.1, -0.05) is 18.6 Å². The van der Waals surface area contributed by atoms with E-state index in [4.69, 9.17) is 0 Å². The molecule has 0 atom stereocenters. The Kier molecular flexibility index (Phi) is 7.34. The van der Waals surface area contributed by atoms with Crippen LogP contribution < -0.4 is 10.2 Å². The molecule has 8 nitrogen and oxygen atoms in total. The second-order valence-corrected chi connectivity index (χ2v) is 8.45. The lowest BCUT2D eigenvalue weighted by molar-refractivity contribution is -0.133. The number of carbonyl (C=O) groups is 3. The normalized spacial score (nSPS) is 15.8. The zero-order chi connectivity index (χ0) is 23.2. The fourth-order valence-corrected chi connectivity index (χ4v) is 4.48. The first kappa shape index (κ1) is 22.9. The number of aromatic nitrogens is 1. The summed E-state index contributed by atoms with van der Waals surface area (Å²) in [5.41, 5.74) is 1.34. The van der Waals surface area contributed by atoms with Gasteiger partial charge in [-0.2, -0.15) is 0 Å². The van der Waals surface area contributed by atoms with Gasteiger partial charge in [0.2, 0.25) is 11.8 Å².